The van der Waals surface area contributed by atoms with E-state index in [0.29, 0.717) is 24.0 Å². The van der Waals surface area contributed by atoms with Gasteiger partial charge in [0.25, 0.3) is 10.2 Å². The second kappa shape index (κ2) is 13.1. The number of hydrogen-bond acceptors (Lipinski definition) is 6. The summed E-state index contributed by atoms with van der Waals surface area (Å²) >= 11 is 3.32. The third kappa shape index (κ3) is 10.2. The van der Waals surface area contributed by atoms with E-state index in [1.807, 2.05) is 0 Å². The molecule has 3 amide bonds. The second-order valence-electron chi connectivity index (χ2n) is 7.07. The zero-order valence-electron chi connectivity index (χ0n) is 17.8. The van der Waals surface area contributed by atoms with Crippen LogP contribution in [-0.4, -0.2) is 66.4 Å². The predicted octanol–water partition coefficient (Wildman–Crippen LogP) is 0.927. The van der Waals surface area contributed by atoms with Crippen LogP contribution < -0.4 is 20.5 Å². The number of nitrogens with two attached hydrogens (primary N) is 1. The summed E-state index contributed by atoms with van der Waals surface area (Å²) in [7, 11) is -3.90. The van der Waals surface area contributed by atoms with Crippen molar-refractivity contribution >= 4 is 43.8 Å². The van der Waals surface area contributed by atoms with Gasteiger partial charge >= 0.3 is 6.03 Å². The molecule has 1 aromatic carbocycles. The van der Waals surface area contributed by atoms with Gasteiger partial charge in [0.05, 0.1) is 11.9 Å². The molecule has 0 radical (unpaired) electrons. The SMILES string of the molecule is NS(=O)(=O)NCCN(CCCBr)C(=O)C(Cc1ccc(O)cc1)NC(=O)Nc1cccnc1. The van der Waals surface area contributed by atoms with Gasteiger partial charge in [-0.25, -0.2) is 14.7 Å². The minimum absolute atomic E-state index is 0.0688. The van der Waals surface area contributed by atoms with Crippen molar-refractivity contribution in [2.45, 2.75) is 18.9 Å². The lowest BCUT2D eigenvalue weighted by Gasteiger charge is -2.28. The summed E-state index contributed by atoms with van der Waals surface area (Å²) in [6, 6.07) is 8.07. The molecule has 1 heterocycles. The average molecular weight is 543 g/mol. The normalized spacial score (nSPS) is 12.1. The van der Waals surface area contributed by atoms with Crippen LogP contribution in [0.1, 0.15) is 12.0 Å². The first-order valence-electron chi connectivity index (χ1n) is 10.1. The molecule has 33 heavy (non-hydrogen) atoms. The monoisotopic (exact) mass is 542 g/mol. The van der Waals surface area contributed by atoms with Gasteiger partial charge in [0.2, 0.25) is 5.91 Å². The Kier molecular flexibility index (Phi) is 10.5. The molecule has 0 saturated heterocycles. The lowest BCUT2D eigenvalue weighted by atomic mass is 10.0. The van der Waals surface area contributed by atoms with E-state index in [-0.39, 0.29) is 31.2 Å². The van der Waals surface area contributed by atoms with E-state index in [4.69, 9.17) is 5.14 Å². The number of phenolic OH excluding ortho intramolecular Hbond substituents is 1. The molecule has 0 aliphatic heterocycles. The van der Waals surface area contributed by atoms with Gasteiger partial charge in [-0.2, -0.15) is 8.42 Å². The Hall–Kier alpha value is -2.74. The number of nitrogens with zero attached hydrogens (tertiary/aromatic N) is 2. The largest absolute Gasteiger partial charge is 0.508 e. The maximum Gasteiger partial charge on any atom is 0.319 e. The molecule has 1 unspecified atom stereocenters. The molecule has 13 heteroatoms. The molecule has 2 aromatic rings. The molecule has 0 fully saturated rings. The van der Waals surface area contributed by atoms with E-state index >= 15 is 0 Å². The maximum absolute atomic E-state index is 13.4. The van der Waals surface area contributed by atoms with Crippen molar-refractivity contribution in [1.29, 1.82) is 0 Å². The summed E-state index contributed by atoms with van der Waals surface area (Å²) < 4.78 is 24.5. The molecular weight excluding hydrogens is 516 g/mol. The smallest absolute Gasteiger partial charge is 0.319 e. The zero-order chi connectivity index (χ0) is 24.3. The topological polar surface area (TPSA) is 167 Å². The highest BCUT2D eigenvalue weighted by atomic mass is 79.9. The Morgan fingerprint density at radius 3 is 2.52 bits per heavy atom. The van der Waals surface area contributed by atoms with Gasteiger partial charge in [-0.15, -0.1) is 0 Å². The van der Waals surface area contributed by atoms with Crippen molar-refractivity contribution in [2.24, 2.45) is 5.14 Å². The van der Waals surface area contributed by atoms with E-state index in [1.165, 1.54) is 23.2 Å². The van der Waals surface area contributed by atoms with Crippen LogP contribution in [0.15, 0.2) is 48.8 Å². The number of phenols is 1. The summed E-state index contributed by atoms with van der Waals surface area (Å²) in [5.74, 6) is -0.307. The van der Waals surface area contributed by atoms with Gasteiger partial charge < -0.3 is 20.6 Å². The molecular formula is C20H27BrN6O5S. The molecule has 0 aliphatic rings. The number of carbonyl (C=O) groups is 2. The molecule has 6 N–H and O–H groups in total. The number of hydrogen-bond donors (Lipinski definition) is 5. The number of rotatable bonds is 12. The fourth-order valence-corrected chi connectivity index (χ4v) is 3.58. The standard InChI is InChI=1S/C20H27BrN6O5S/c21-8-2-11-27(12-10-24-33(22,31)32)19(29)18(13-15-4-6-17(28)7-5-15)26-20(30)25-16-3-1-9-23-14-16/h1,3-7,9,14,18,24,28H,2,8,10-13H2,(H2,22,31,32)(H2,25,26,30). The highest BCUT2D eigenvalue weighted by molar-refractivity contribution is 9.09. The number of urea groups is 1. The molecule has 2 rings (SSSR count). The summed E-state index contributed by atoms with van der Waals surface area (Å²) in [6.07, 6.45) is 3.82. The fourth-order valence-electron chi connectivity index (χ4n) is 2.96. The molecule has 1 atom stereocenters. The molecule has 0 aliphatic carbocycles. The number of pyridine rings is 1. The van der Waals surface area contributed by atoms with Gasteiger partial charge in [-0.05, 0) is 36.2 Å². The van der Waals surface area contributed by atoms with Gasteiger partial charge in [-0.1, -0.05) is 28.1 Å². The lowest BCUT2D eigenvalue weighted by Crippen LogP contribution is -2.52. The van der Waals surface area contributed by atoms with E-state index < -0.39 is 22.3 Å². The van der Waals surface area contributed by atoms with E-state index in [2.05, 4.69) is 36.3 Å². The Labute approximate surface area is 201 Å². The van der Waals surface area contributed by atoms with Crippen LogP contribution in [0.4, 0.5) is 10.5 Å². The minimum atomic E-state index is -3.90. The van der Waals surface area contributed by atoms with Crippen LogP contribution >= 0.6 is 15.9 Å². The zero-order valence-corrected chi connectivity index (χ0v) is 20.2. The average Bonchev–Trinajstić information content (AvgIpc) is 2.76. The Balaban J connectivity index is 2.18. The van der Waals surface area contributed by atoms with Gasteiger partial charge in [0, 0.05) is 37.6 Å². The summed E-state index contributed by atoms with van der Waals surface area (Å²) in [5, 5.41) is 20.4. The van der Waals surface area contributed by atoms with Crippen molar-refractivity contribution < 1.29 is 23.1 Å². The first-order chi connectivity index (χ1) is 15.7. The second-order valence-corrected chi connectivity index (χ2v) is 9.24. The Morgan fingerprint density at radius 2 is 1.91 bits per heavy atom. The first-order valence-corrected chi connectivity index (χ1v) is 12.7. The van der Waals surface area contributed by atoms with Gasteiger partial charge in [0.1, 0.15) is 11.8 Å². The van der Waals surface area contributed by atoms with Crippen molar-refractivity contribution in [1.82, 2.24) is 19.9 Å². The Bertz CT molecular complexity index is 1010. The molecule has 0 saturated carbocycles. The number of nitrogens with one attached hydrogen (secondary N) is 3. The quantitative estimate of drug-likeness (QED) is 0.250. The Morgan fingerprint density at radius 1 is 1.18 bits per heavy atom. The highest BCUT2D eigenvalue weighted by Crippen LogP contribution is 2.13. The number of carbonyl (C=O) groups excluding carboxylic acids is 2. The van der Waals surface area contributed by atoms with Crippen LogP contribution in [0, 0.1) is 0 Å². The van der Waals surface area contributed by atoms with E-state index in [1.54, 1.807) is 30.5 Å². The van der Waals surface area contributed by atoms with Crippen molar-refractivity contribution in [3.63, 3.8) is 0 Å². The van der Waals surface area contributed by atoms with Gasteiger partial charge in [0.15, 0.2) is 0 Å². The third-order valence-corrected chi connectivity index (χ3v) is 5.62. The lowest BCUT2D eigenvalue weighted by molar-refractivity contribution is -0.133. The van der Waals surface area contributed by atoms with Crippen LogP contribution in [0.5, 0.6) is 5.75 Å². The number of anilines is 1. The van der Waals surface area contributed by atoms with Crippen LogP contribution in [-0.2, 0) is 21.4 Å². The molecule has 1 aromatic heterocycles. The number of halogens is 1. The summed E-state index contributed by atoms with van der Waals surface area (Å²) in [5.41, 5.74) is 1.18. The number of aromatic nitrogens is 1. The van der Waals surface area contributed by atoms with Crippen LogP contribution in [0.3, 0.4) is 0 Å². The third-order valence-electron chi connectivity index (χ3n) is 4.46. The van der Waals surface area contributed by atoms with Crippen LogP contribution in [0.25, 0.3) is 0 Å². The van der Waals surface area contributed by atoms with E-state index in [9.17, 15) is 23.1 Å². The van der Waals surface area contributed by atoms with Gasteiger partial charge in [-0.3, -0.25) is 9.78 Å². The molecule has 180 valence electrons. The maximum atomic E-state index is 13.4. The number of amides is 3. The molecule has 0 spiro atoms. The van der Waals surface area contributed by atoms with Crippen LogP contribution in [0.2, 0.25) is 0 Å². The number of benzene rings is 1. The molecule has 0 bridgehead atoms. The minimum Gasteiger partial charge on any atom is -0.508 e. The predicted molar refractivity (Wildman–Crippen MR) is 128 cm³/mol. The number of aromatic hydroxyl groups is 1. The van der Waals surface area contributed by atoms with Crippen molar-refractivity contribution in [3.05, 3.63) is 54.4 Å². The summed E-state index contributed by atoms with van der Waals surface area (Å²) in [4.78, 5) is 31.3. The van der Waals surface area contributed by atoms with E-state index in [0.717, 1.165) is 5.56 Å². The summed E-state index contributed by atoms with van der Waals surface area (Å²) in [6.45, 7) is 0.343. The van der Waals surface area contributed by atoms with Crippen molar-refractivity contribution in [2.75, 3.05) is 30.3 Å². The molecule has 11 nitrogen and oxygen atoms in total. The fraction of sp³-hybridized carbons (Fsp3) is 0.350. The number of alkyl halides is 1. The first kappa shape index (κ1) is 26.5. The highest BCUT2D eigenvalue weighted by Gasteiger charge is 2.26. The van der Waals surface area contributed by atoms with Crippen molar-refractivity contribution in [3.8, 4) is 5.75 Å².